The zero-order chi connectivity index (χ0) is 12.9. The number of hydrogen-bond donors (Lipinski definition) is 2. The third kappa shape index (κ3) is 2.06. The maximum absolute atomic E-state index is 10.6. The molecule has 0 heterocycles. The monoisotopic (exact) mass is 238 g/mol. The highest BCUT2D eigenvalue weighted by atomic mass is 16.3. The summed E-state index contributed by atoms with van der Waals surface area (Å²) >= 11 is 0. The number of fused-ring (bicyclic) bond motifs is 1. The van der Waals surface area contributed by atoms with Gasteiger partial charge in [-0.3, -0.25) is 0 Å². The van der Waals surface area contributed by atoms with E-state index in [0.717, 1.165) is 31.3 Å². The van der Waals surface area contributed by atoms with Crippen LogP contribution in [-0.4, -0.2) is 21.4 Å². The summed E-state index contributed by atoms with van der Waals surface area (Å²) in [5, 5.41) is 21.2. The van der Waals surface area contributed by atoms with Crippen LogP contribution < -0.4 is 0 Å². The fourth-order valence-corrected chi connectivity index (χ4v) is 4.03. The zero-order valence-electron chi connectivity index (χ0n) is 11.4. The van der Waals surface area contributed by atoms with Gasteiger partial charge >= 0.3 is 0 Å². The molecule has 4 atom stereocenters. The Hall–Kier alpha value is -0.340. The smallest absolute Gasteiger partial charge is 0.0855 e. The van der Waals surface area contributed by atoms with Crippen molar-refractivity contribution in [3.05, 3.63) is 12.2 Å². The van der Waals surface area contributed by atoms with E-state index in [2.05, 4.69) is 13.5 Å². The minimum Gasteiger partial charge on any atom is -0.390 e. The molecule has 2 saturated carbocycles. The lowest BCUT2D eigenvalue weighted by Gasteiger charge is -2.56. The summed E-state index contributed by atoms with van der Waals surface area (Å²) < 4.78 is 0. The van der Waals surface area contributed by atoms with E-state index in [1.165, 1.54) is 6.42 Å². The van der Waals surface area contributed by atoms with Crippen LogP contribution in [-0.2, 0) is 0 Å². The van der Waals surface area contributed by atoms with Crippen LogP contribution in [0.1, 0.15) is 59.3 Å². The first kappa shape index (κ1) is 13.1. The van der Waals surface area contributed by atoms with E-state index in [9.17, 15) is 10.2 Å². The van der Waals surface area contributed by atoms with Gasteiger partial charge < -0.3 is 10.2 Å². The molecule has 2 aliphatic rings. The van der Waals surface area contributed by atoms with Crippen LogP contribution in [0.4, 0.5) is 0 Å². The van der Waals surface area contributed by atoms with Gasteiger partial charge in [0.2, 0.25) is 0 Å². The van der Waals surface area contributed by atoms with Gasteiger partial charge in [-0.25, -0.2) is 0 Å². The van der Waals surface area contributed by atoms with Crippen molar-refractivity contribution in [3.8, 4) is 0 Å². The average molecular weight is 238 g/mol. The summed E-state index contributed by atoms with van der Waals surface area (Å²) in [6.07, 6.45) is 5.61. The molecule has 2 rings (SSSR count). The largest absolute Gasteiger partial charge is 0.390 e. The molecule has 2 aliphatic carbocycles. The van der Waals surface area contributed by atoms with Gasteiger partial charge in [-0.1, -0.05) is 19.9 Å². The fourth-order valence-electron chi connectivity index (χ4n) is 4.03. The summed E-state index contributed by atoms with van der Waals surface area (Å²) in [4.78, 5) is 0. The Morgan fingerprint density at radius 3 is 2.35 bits per heavy atom. The Morgan fingerprint density at radius 2 is 1.76 bits per heavy atom. The SMILES string of the molecule is C=C(C)C1(O)CCC2(C)CCCC(C)(O)C2C1. The van der Waals surface area contributed by atoms with Crippen molar-refractivity contribution in [1.29, 1.82) is 0 Å². The quantitative estimate of drug-likeness (QED) is 0.689. The van der Waals surface area contributed by atoms with E-state index < -0.39 is 11.2 Å². The third-order valence-electron chi connectivity index (χ3n) is 5.47. The Balaban J connectivity index is 2.29. The molecule has 2 heteroatoms. The van der Waals surface area contributed by atoms with Crippen molar-refractivity contribution in [1.82, 2.24) is 0 Å². The summed E-state index contributed by atoms with van der Waals surface area (Å²) in [5.41, 5.74) is -0.341. The van der Waals surface area contributed by atoms with Gasteiger partial charge in [0.25, 0.3) is 0 Å². The lowest BCUT2D eigenvalue weighted by molar-refractivity contribution is -0.152. The second-order valence-corrected chi connectivity index (χ2v) is 6.93. The maximum Gasteiger partial charge on any atom is 0.0855 e. The van der Waals surface area contributed by atoms with E-state index in [-0.39, 0.29) is 11.3 Å². The molecule has 0 saturated heterocycles. The molecule has 0 amide bonds. The van der Waals surface area contributed by atoms with E-state index >= 15 is 0 Å². The Morgan fingerprint density at radius 1 is 1.12 bits per heavy atom. The molecule has 0 aromatic heterocycles. The molecule has 4 unspecified atom stereocenters. The molecular weight excluding hydrogens is 212 g/mol. The Bertz CT molecular complexity index is 334. The molecule has 2 fully saturated rings. The van der Waals surface area contributed by atoms with E-state index in [1.54, 1.807) is 0 Å². The van der Waals surface area contributed by atoms with Gasteiger partial charge in [0, 0.05) is 0 Å². The van der Waals surface area contributed by atoms with Gasteiger partial charge in [0.15, 0.2) is 0 Å². The predicted molar refractivity (Wildman–Crippen MR) is 69.7 cm³/mol. The van der Waals surface area contributed by atoms with Gasteiger partial charge in [-0.15, -0.1) is 0 Å². The normalized spacial score (nSPS) is 50.8. The summed E-state index contributed by atoms with van der Waals surface area (Å²) in [6.45, 7) is 10.1. The van der Waals surface area contributed by atoms with Crippen molar-refractivity contribution in [3.63, 3.8) is 0 Å². The van der Waals surface area contributed by atoms with Crippen LogP contribution in [0, 0.1) is 11.3 Å². The highest BCUT2D eigenvalue weighted by molar-refractivity contribution is 5.16. The minimum absolute atomic E-state index is 0.194. The van der Waals surface area contributed by atoms with Crippen molar-refractivity contribution < 1.29 is 10.2 Å². The van der Waals surface area contributed by atoms with Crippen molar-refractivity contribution in [2.75, 3.05) is 0 Å². The van der Waals surface area contributed by atoms with Gasteiger partial charge in [-0.05, 0) is 62.9 Å². The number of hydrogen-bond acceptors (Lipinski definition) is 2. The van der Waals surface area contributed by atoms with Crippen molar-refractivity contribution in [2.45, 2.75) is 70.5 Å². The van der Waals surface area contributed by atoms with Crippen molar-refractivity contribution >= 4 is 0 Å². The first-order chi connectivity index (χ1) is 7.70. The molecule has 0 bridgehead atoms. The molecule has 0 aromatic rings. The predicted octanol–water partition coefficient (Wildman–Crippen LogP) is 3.03. The van der Waals surface area contributed by atoms with E-state index in [4.69, 9.17) is 0 Å². The van der Waals surface area contributed by atoms with E-state index in [1.807, 2.05) is 13.8 Å². The molecule has 2 N–H and O–H groups in total. The highest BCUT2D eigenvalue weighted by Gasteiger charge is 2.54. The number of aliphatic hydroxyl groups is 2. The fraction of sp³-hybridized carbons (Fsp3) is 0.867. The second kappa shape index (κ2) is 3.83. The first-order valence-electron chi connectivity index (χ1n) is 6.80. The molecule has 17 heavy (non-hydrogen) atoms. The molecule has 0 aromatic carbocycles. The summed E-state index contributed by atoms with van der Waals surface area (Å²) in [5.74, 6) is 0.194. The van der Waals surface area contributed by atoms with Crippen LogP contribution in [0.15, 0.2) is 12.2 Å². The van der Waals surface area contributed by atoms with Crippen molar-refractivity contribution in [2.24, 2.45) is 11.3 Å². The van der Waals surface area contributed by atoms with E-state index in [0.29, 0.717) is 6.42 Å². The molecule has 0 radical (unpaired) electrons. The average Bonchev–Trinajstić information content (AvgIpc) is 2.20. The van der Waals surface area contributed by atoms with Crippen LogP contribution in [0.2, 0.25) is 0 Å². The first-order valence-corrected chi connectivity index (χ1v) is 6.80. The third-order valence-corrected chi connectivity index (χ3v) is 5.47. The summed E-state index contributed by atoms with van der Waals surface area (Å²) in [7, 11) is 0. The van der Waals surface area contributed by atoms with Crippen LogP contribution in [0.5, 0.6) is 0 Å². The Labute approximate surface area is 105 Å². The standard InChI is InChI=1S/C15H26O2/c1-11(2)15(17)9-8-13(3)6-5-7-14(4,16)12(13)10-15/h12,16-17H,1,5-10H2,2-4H3. The highest BCUT2D eigenvalue weighted by Crippen LogP contribution is 2.57. The molecule has 2 nitrogen and oxygen atoms in total. The van der Waals surface area contributed by atoms with Crippen LogP contribution in [0.25, 0.3) is 0 Å². The summed E-state index contributed by atoms with van der Waals surface area (Å²) in [6, 6.07) is 0. The molecular formula is C15H26O2. The maximum atomic E-state index is 10.6. The topological polar surface area (TPSA) is 40.5 Å². The van der Waals surface area contributed by atoms with Gasteiger partial charge in [-0.2, -0.15) is 0 Å². The zero-order valence-corrected chi connectivity index (χ0v) is 11.4. The molecule has 0 aliphatic heterocycles. The minimum atomic E-state index is -0.758. The van der Waals surface area contributed by atoms with Crippen LogP contribution in [0.3, 0.4) is 0 Å². The number of rotatable bonds is 1. The lowest BCUT2D eigenvalue weighted by Crippen LogP contribution is -2.55. The molecule has 0 spiro atoms. The molecule has 98 valence electrons. The Kier molecular flexibility index (Phi) is 2.95. The van der Waals surface area contributed by atoms with Gasteiger partial charge in [0.1, 0.15) is 0 Å². The van der Waals surface area contributed by atoms with Crippen LogP contribution >= 0.6 is 0 Å². The lowest BCUT2D eigenvalue weighted by atomic mass is 9.52. The van der Waals surface area contributed by atoms with Gasteiger partial charge in [0.05, 0.1) is 11.2 Å². The second-order valence-electron chi connectivity index (χ2n) is 6.93.